The van der Waals surface area contributed by atoms with Crippen LogP contribution < -0.4 is 15.3 Å². The molecule has 0 N–H and O–H groups in total. The van der Waals surface area contributed by atoms with E-state index in [1.807, 2.05) is 78.4 Å². The highest BCUT2D eigenvalue weighted by molar-refractivity contribution is 7.80. The van der Waals surface area contributed by atoms with E-state index in [-0.39, 0.29) is 0 Å². The summed E-state index contributed by atoms with van der Waals surface area (Å²) in [5.74, 6) is 0. The summed E-state index contributed by atoms with van der Waals surface area (Å²) in [5.41, 5.74) is 3.39. The molecule has 0 unspecified atom stereocenters. The Morgan fingerprint density at radius 1 is 0.917 bits per heavy atom. The third-order valence-electron chi connectivity index (χ3n) is 4.52. The minimum Gasteiger partial charge on any atom is -0.318 e. The zero-order valence-electron chi connectivity index (χ0n) is 13.2. The van der Waals surface area contributed by atoms with Gasteiger partial charge in [-0.25, -0.2) is 0 Å². The summed E-state index contributed by atoms with van der Waals surface area (Å²) in [4.78, 5) is 0. The Bertz CT molecular complexity index is 1020. The third kappa shape index (κ3) is 1.94. The molecule has 116 valence electrons. The van der Waals surface area contributed by atoms with Crippen LogP contribution in [-0.2, 0) is 4.57 Å². The maximum Gasteiger partial charge on any atom is 0.230 e. The summed E-state index contributed by atoms with van der Waals surface area (Å²) in [7, 11) is -1.08. The molecule has 0 saturated heterocycles. The summed E-state index contributed by atoms with van der Waals surface area (Å²) in [6, 6.07) is 25.1. The number of benzene rings is 3. The number of nitrogens with zero attached hydrogens (tertiary/aromatic N) is 2. The van der Waals surface area contributed by atoms with Gasteiger partial charge in [0.05, 0.1) is 17.3 Å². The summed E-state index contributed by atoms with van der Waals surface area (Å²) in [5, 5.41) is 10.9. The van der Waals surface area contributed by atoms with E-state index in [1.165, 1.54) is 0 Å². The van der Waals surface area contributed by atoms with Crippen LogP contribution in [-0.4, -0.2) is 7.05 Å². The van der Waals surface area contributed by atoms with Gasteiger partial charge in [0.1, 0.15) is 0 Å². The Kier molecular flexibility index (Phi) is 3.30. The molecule has 0 fully saturated rings. The summed E-state index contributed by atoms with van der Waals surface area (Å²) in [6.07, 6.45) is 0. The van der Waals surface area contributed by atoms with E-state index in [4.69, 9.17) is 0 Å². The Morgan fingerprint density at radius 3 is 2.38 bits per heavy atom. The van der Waals surface area contributed by atoms with Crippen molar-refractivity contribution < 1.29 is 4.57 Å². The molecular formula is C20H15N2OP. The normalized spacial score (nSPS) is 18.4. The lowest BCUT2D eigenvalue weighted by Crippen LogP contribution is -2.33. The molecule has 0 aliphatic carbocycles. The number of fused-ring (bicyclic) bond motifs is 3. The van der Waals surface area contributed by atoms with Gasteiger partial charge in [-0.3, -0.25) is 4.57 Å². The highest BCUT2D eigenvalue weighted by Gasteiger charge is 2.39. The molecule has 0 saturated carbocycles. The van der Waals surface area contributed by atoms with Crippen LogP contribution in [0.5, 0.6) is 0 Å². The molecule has 4 rings (SSSR count). The highest BCUT2D eigenvalue weighted by atomic mass is 31.2. The van der Waals surface area contributed by atoms with Crippen LogP contribution in [0.2, 0.25) is 0 Å². The Hall–Kier alpha value is -2.82. The Balaban J connectivity index is 2.07. The standard InChI is InChI=1S/C20H15N2OP/c1-22-19-12-11-15(14-21)13-18(19)17-9-5-6-10-20(17)24(22,23)16-7-3-2-4-8-16/h2-13H,1H3/t24-/m1/s1. The zero-order valence-corrected chi connectivity index (χ0v) is 14.1. The fourth-order valence-corrected chi connectivity index (χ4v) is 6.14. The lowest BCUT2D eigenvalue weighted by Gasteiger charge is -2.37. The van der Waals surface area contributed by atoms with Gasteiger partial charge in [-0.2, -0.15) is 5.26 Å². The maximum absolute atomic E-state index is 14.2. The van der Waals surface area contributed by atoms with Crippen LogP contribution in [0.25, 0.3) is 11.1 Å². The quantitative estimate of drug-likeness (QED) is 0.636. The topological polar surface area (TPSA) is 44.1 Å². The van der Waals surface area contributed by atoms with Gasteiger partial charge >= 0.3 is 0 Å². The number of hydrogen-bond donors (Lipinski definition) is 0. The van der Waals surface area contributed by atoms with Crippen molar-refractivity contribution in [2.75, 3.05) is 11.7 Å². The van der Waals surface area contributed by atoms with Gasteiger partial charge in [-0.15, -0.1) is 0 Å². The van der Waals surface area contributed by atoms with Crippen molar-refractivity contribution in [1.29, 1.82) is 5.26 Å². The summed E-state index contributed by atoms with van der Waals surface area (Å²) >= 11 is 0. The van der Waals surface area contributed by atoms with Gasteiger partial charge in [-0.1, -0.05) is 36.4 Å². The summed E-state index contributed by atoms with van der Waals surface area (Å²) in [6.45, 7) is 0. The van der Waals surface area contributed by atoms with E-state index >= 15 is 0 Å². The van der Waals surface area contributed by atoms with Crippen LogP contribution in [0.4, 0.5) is 5.69 Å². The minimum absolute atomic E-state index is 0.605. The van der Waals surface area contributed by atoms with Gasteiger partial charge in [0.15, 0.2) is 0 Å². The Labute approximate surface area is 141 Å². The van der Waals surface area contributed by atoms with Crippen molar-refractivity contribution in [1.82, 2.24) is 0 Å². The molecule has 3 nitrogen and oxygen atoms in total. The molecule has 0 spiro atoms. The molecule has 1 atom stereocenters. The molecule has 0 amide bonds. The molecular weight excluding hydrogens is 315 g/mol. The molecule has 1 heterocycles. The van der Waals surface area contributed by atoms with Gasteiger partial charge in [-0.05, 0) is 42.0 Å². The molecule has 3 aromatic rings. The number of hydrogen-bond acceptors (Lipinski definition) is 2. The first-order valence-electron chi connectivity index (χ1n) is 7.70. The largest absolute Gasteiger partial charge is 0.318 e. The van der Waals surface area contributed by atoms with Crippen molar-refractivity contribution in [3.8, 4) is 17.2 Å². The van der Waals surface area contributed by atoms with Crippen LogP contribution in [0.1, 0.15) is 5.56 Å². The van der Waals surface area contributed by atoms with Crippen molar-refractivity contribution >= 4 is 23.6 Å². The van der Waals surface area contributed by atoms with Crippen molar-refractivity contribution in [2.45, 2.75) is 0 Å². The van der Waals surface area contributed by atoms with E-state index in [0.29, 0.717) is 5.56 Å². The van der Waals surface area contributed by atoms with Gasteiger partial charge in [0.25, 0.3) is 0 Å². The monoisotopic (exact) mass is 330 g/mol. The molecule has 1 aliphatic rings. The fourth-order valence-electron chi connectivity index (χ4n) is 3.32. The molecule has 24 heavy (non-hydrogen) atoms. The van der Waals surface area contributed by atoms with E-state index in [1.54, 1.807) is 6.07 Å². The first-order chi connectivity index (χ1) is 11.7. The van der Waals surface area contributed by atoms with Crippen LogP contribution in [0.3, 0.4) is 0 Å². The zero-order chi connectivity index (χ0) is 16.7. The molecule has 4 heteroatoms. The predicted octanol–water partition coefficient (Wildman–Crippen LogP) is 3.90. The SMILES string of the molecule is CN1c2ccc(C#N)cc2-c2ccccc2[P@]1(=O)c1ccccc1. The van der Waals surface area contributed by atoms with E-state index in [2.05, 4.69) is 6.07 Å². The highest BCUT2D eigenvalue weighted by Crippen LogP contribution is 2.56. The van der Waals surface area contributed by atoms with E-state index in [0.717, 1.165) is 27.4 Å². The van der Waals surface area contributed by atoms with Crippen molar-refractivity contribution in [3.63, 3.8) is 0 Å². The van der Waals surface area contributed by atoms with Crippen LogP contribution in [0, 0.1) is 11.3 Å². The van der Waals surface area contributed by atoms with Crippen molar-refractivity contribution in [3.05, 3.63) is 78.4 Å². The first-order valence-corrected chi connectivity index (χ1v) is 9.36. The van der Waals surface area contributed by atoms with Crippen LogP contribution in [0.15, 0.2) is 72.8 Å². The molecule has 0 aromatic heterocycles. The number of anilines is 1. The second-order valence-electron chi connectivity index (χ2n) is 5.80. The van der Waals surface area contributed by atoms with Gasteiger partial charge < -0.3 is 4.67 Å². The van der Waals surface area contributed by atoms with Crippen molar-refractivity contribution in [2.24, 2.45) is 0 Å². The smallest absolute Gasteiger partial charge is 0.230 e. The van der Waals surface area contributed by atoms with Crippen LogP contribution >= 0.6 is 7.29 Å². The Morgan fingerprint density at radius 2 is 1.62 bits per heavy atom. The molecule has 0 bridgehead atoms. The van der Waals surface area contributed by atoms with E-state index in [9.17, 15) is 9.83 Å². The summed E-state index contributed by atoms with van der Waals surface area (Å²) < 4.78 is 16.0. The minimum atomic E-state index is -2.95. The molecule has 1 aliphatic heterocycles. The van der Waals surface area contributed by atoms with Gasteiger partial charge in [0, 0.05) is 23.2 Å². The third-order valence-corrected chi connectivity index (χ3v) is 7.63. The maximum atomic E-state index is 14.2. The first kappa shape index (κ1) is 14.8. The second-order valence-corrected chi connectivity index (χ2v) is 8.55. The fraction of sp³-hybridized carbons (Fsp3) is 0.0500. The lowest BCUT2D eigenvalue weighted by molar-refractivity contribution is 0.586. The second kappa shape index (κ2) is 5.37. The predicted molar refractivity (Wildman–Crippen MR) is 98.3 cm³/mol. The average molecular weight is 330 g/mol. The number of rotatable bonds is 1. The van der Waals surface area contributed by atoms with Gasteiger partial charge in [0.2, 0.25) is 7.29 Å². The molecule has 3 aromatic carbocycles. The van der Waals surface area contributed by atoms with E-state index < -0.39 is 7.29 Å². The average Bonchev–Trinajstić information content (AvgIpc) is 2.66. The molecule has 0 radical (unpaired) electrons. The lowest BCUT2D eigenvalue weighted by atomic mass is 10.0. The number of nitriles is 1.